The first-order chi connectivity index (χ1) is 8.32. The number of hydrogen-bond donors (Lipinski definition) is 2. The largest absolute Gasteiger partial charge is 0.390 e. The molecule has 0 saturated heterocycles. The fraction of sp³-hybridized carbons (Fsp3) is 0.455. The molecule has 0 aliphatic heterocycles. The molecule has 7 heteroatoms. The van der Waals surface area contributed by atoms with Crippen molar-refractivity contribution in [2.24, 2.45) is 5.73 Å². The van der Waals surface area contributed by atoms with E-state index in [1.165, 1.54) is 12.1 Å². The zero-order chi connectivity index (χ0) is 13.6. The number of aliphatic hydroxyl groups is 1. The second-order valence-corrected chi connectivity index (χ2v) is 4.43. The minimum absolute atomic E-state index is 0.0446. The summed E-state index contributed by atoms with van der Waals surface area (Å²) in [4.78, 5) is 10.0. The monoisotopic (exact) mass is 258 g/mol. The Balaban J connectivity index is 2.55. The molecule has 18 heavy (non-hydrogen) atoms. The highest BCUT2D eigenvalue weighted by molar-refractivity contribution is 5.47. The number of alkyl halides is 2. The van der Waals surface area contributed by atoms with Crippen LogP contribution in [0.25, 0.3) is 0 Å². The first-order valence-corrected chi connectivity index (χ1v) is 5.37. The van der Waals surface area contributed by atoms with Crippen molar-refractivity contribution in [3.05, 3.63) is 39.4 Å². The molecule has 1 aromatic rings. The number of nitrogens with two attached hydrogens (primary N) is 1. The van der Waals surface area contributed by atoms with Gasteiger partial charge in [0.1, 0.15) is 12.1 Å². The minimum atomic E-state index is -3.51. The molecule has 1 aliphatic carbocycles. The second-order valence-electron chi connectivity index (χ2n) is 4.43. The first kappa shape index (κ1) is 12.8. The Hall–Kier alpha value is -1.60. The molecule has 2 rings (SSSR count). The third kappa shape index (κ3) is 1.67. The molecule has 0 aromatic heterocycles. The molecular weight excluding hydrogens is 246 g/mol. The number of benzene rings is 1. The number of fused-ring (bicyclic) bond motifs is 1. The van der Waals surface area contributed by atoms with Crippen LogP contribution < -0.4 is 5.73 Å². The van der Waals surface area contributed by atoms with Gasteiger partial charge < -0.3 is 10.8 Å². The number of aliphatic hydroxyl groups excluding tert-OH is 1. The maximum absolute atomic E-state index is 13.7. The fourth-order valence-corrected chi connectivity index (χ4v) is 2.30. The second kappa shape index (κ2) is 3.96. The van der Waals surface area contributed by atoms with E-state index in [0.717, 1.165) is 6.07 Å². The lowest BCUT2D eigenvalue weighted by Crippen LogP contribution is -2.53. The van der Waals surface area contributed by atoms with Gasteiger partial charge in [-0.25, -0.2) is 8.78 Å². The van der Waals surface area contributed by atoms with Crippen molar-refractivity contribution in [3.63, 3.8) is 0 Å². The summed E-state index contributed by atoms with van der Waals surface area (Å²) < 4.78 is 27.4. The highest BCUT2D eigenvalue weighted by Gasteiger charge is 2.55. The van der Waals surface area contributed by atoms with Crippen LogP contribution in [0, 0.1) is 10.1 Å². The summed E-state index contributed by atoms with van der Waals surface area (Å²) in [5.74, 6) is -3.51. The van der Waals surface area contributed by atoms with Gasteiger partial charge in [-0.05, 0) is 24.0 Å². The molecule has 0 saturated carbocycles. The smallest absolute Gasteiger partial charge is 0.292 e. The Kier molecular flexibility index (Phi) is 2.83. The molecule has 0 bridgehead atoms. The standard InChI is InChI=1S/C11H12F2N2O3/c12-11(13,6-16)10(14)4-3-7-1-2-8(15(17)18)5-9(7)10/h1-2,5,16H,3-4,6,14H2/t10-/m1/s1. The van der Waals surface area contributed by atoms with Crippen LogP contribution in [0.1, 0.15) is 17.5 Å². The van der Waals surface area contributed by atoms with Crippen molar-refractivity contribution in [1.82, 2.24) is 0 Å². The van der Waals surface area contributed by atoms with Gasteiger partial charge >= 0.3 is 0 Å². The van der Waals surface area contributed by atoms with E-state index < -0.39 is 23.0 Å². The maximum Gasteiger partial charge on any atom is 0.292 e. The van der Waals surface area contributed by atoms with E-state index in [2.05, 4.69) is 0 Å². The lowest BCUT2D eigenvalue weighted by Gasteiger charge is -2.33. The van der Waals surface area contributed by atoms with E-state index in [-0.39, 0.29) is 17.7 Å². The number of non-ortho nitro benzene ring substituents is 1. The van der Waals surface area contributed by atoms with Gasteiger partial charge in [-0.2, -0.15) is 0 Å². The van der Waals surface area contributed by atoms with E-state index in [0.29, 0.717) is 12.0 Å². The van der Waals surface area contributed by atoms with Crippen LogP contribution in [-0.2, 0) is 12.0 Å². The van der Waals surface area contributed by atoms with Gasteiger partial charge in [0.2, 0.25) is 0 Å². The number of nitro benzene ring substituents is 1. The molecule has 0 spiro atoms. The summed E-state index contributed by atoms with van der Waals surface area (Å²) in [6.07, 6.45) is 0.274. The molecule has 1 aliphatic rings. The van der Waals surface area contributed by atoms with Crippen LogP contribution in [0.4, 0.5) is 14.5 Å². The van der Waals surface area contributed by atoms with Crippen LogP contribution in [0.5, 0.6) is 0 Å². The lowest BCUT2D eigenvalue weighted by molar-refractivity contribution is -0.385. The molecule has 0 heterocycles. The number of nitrogens with zero attached hydrogens (tertiary/aromatic N) is 1. The van der Waals surface area contributed by atoms with Gasteiger partial charge in [-0.1, -0.05) is 6.07 Å². The number of halogens is 2. The van der Waals surface area contributed by atoms with E-state index in [1.807, 2.05) is 0 Å². The third-order valence-corrected chi connectivity index (χ3v) is 3.42. The predicted octanol–water partition coefficient (Wildman–Crippen LogP) is 1.32. The van der Waals surface area contributed by atoms with Crippen LogP contribution in [-0.4, -0.2) is 22.6 Å². The first-order valence-electron chi connectivity index (χ1n) is 5.37. The zero-order valence-electron chi connectivity index (χ0n) is 9.40. The number of nitro groups is 1. The van der Waals surface area contributed by atoms with E-state index in [9.17, 15) is 18.9 Å². The fourth-order valence-electron chi connectivity index (χ4n) is 2.30. The molecule has 0 amide bonds. The van der Waals surface area contributed by atoms with E-state index in [4.69, 9.17) is 10.8 Å². The van der Waals surface area contributed by atoms with Crippen molar-refractivity contribution in [3.8, 4) is 0 Å². The van der Waals surface area contributed by atoms with Gasteiger partial charge in [-0.3, -0.25) is 10.1 Å². The number of hydrogen-bond acceptors (Lipinski definition) is 4. The van der Waals surface area contributed by atoms with Gasteiger partial charge in [0, 0.05) is 12.1 Å². The van der Waals surface area contributed by atoms with Crippen LogP contribution in [0.2, 0.25) is 0 Å². The molecule has 0 unspecified atom stereocenters. The summed E-state index contributed by atoms with van der Waals surface area (Å²) in [5.41, 5.74) is 4.00. The van der Waals surface area contributed by atoms with Crippen molar-refractivity contribution >= 4 is 5.69 Å². The molecule has 0 radical (unpaired) electrons. The summed E-state index contributed by atoms with van der Waals surface area (Å²) in [7, 11) is 0. The van der Waals surface area contributed by atoms with Crippen LogP contribution in [0.3, 0.4) is 0 Å². The molecule has 5 nitrogen and oxygen atoms in total. The Morgan fingerprint density at radius 3 is 2.78 bits per heavy atom. The normalized spacial score (nSPS) is 22.9. The topological polar surface area (TPSA) is 89.4 Å². The maximum atomic E-state index is 13.7. The van der Waals surface area contributed by atoms with Gasteiger partial charge in [0.05, 0.1) is 4.92 Å². The van der Waals surface area contributed by atoms with Gasteiger partial charge in [0.15, 0.2) is 0 Å². The number of rotatable bonds is 3. The highest BCUT2D eigenvalue weighted by atomic mass is 19.3. The van der Waals surface area contributed by atoms with Crippen LogP contribution >= 0.6 is 0 Å². The van der Waals surface area contributed by atoms with Gasteiger partial charge in [-0.15, -0.1) is 0 Å². The van der Waals surface area contributed by atoms with Crippen molar-refractivity contribution in [1.29, 1.82) is 0 Å². The average molecular weight is 258 g/mol. The molecule has 1 aromatic carbocycles. The summed E-state index contributed by atoms with van der Waals surface area (Å²) >= 11 is 0. The van der Waals surface area contributed by atoms with Crippen molar-refractivity contribution in [2.45, 2.75) is 24.3 Å². The summed E-state index contributed by atoms with van der Waals surface area (Å²) in [6.45, 7) is -1.38. The Morgan fingerprint density at radius 1 is 1.56 bits per heavy atom. The van der Waals surface area contributed by atoms with Crippen molar-refractivity contribution < 1.29 is 18.8 Å². The Bertz CT molecular complexity index is 507. The quantitative estimate of drug-likeness (QED) is 0.632. The summed E-state index contributed by atoms with van der Waals surface area (Å²) in [5, 5.41) is 19.4. The highest BCUT2D eigenvalue weighted by Crippen LogP contribution is 2.46. The van der Waals surface area contributed by atoms with Crippen molar-refractivity contribution in [2.75, 3.05) is 6.61 Å². The molecular formula is C11H12F2N2O3. The van der Waals surface area contributed by atoms with Crippen LogP contribution in [0.15, 0.2) is 18.2 Å². The zero-order valence-corrected chi connectivity index (χ0v) is 9.40. The molecule has 1 atom stereocenters. The van der Waals surface area contributed by atoms with E-state index >= 15 is 0 Å². The van der Waals surface area contributed by atoms with Gasteiger partial charge in [0.25, 0.3) is 11.6 Å². The average Bonchev–Trinajstić information content (AvgIpc) is 2.68. The molecule has 3 N–H and O–H groups in total. The Labute approximate surface area is 101 Å². The summed E-state index contributed by atoms with van der Waals surface area (Å²) in [6, 6.07) is 3.78. The lowest BCUT2D eigenvalue weighted by atomic mass is 9.86. The predicted molar refractivity (Wildman–Crippen MR) is 59.3 cm³/mol. The minimum Gasteiger partial charge on any atom is -0.390 e. The number of aryl methyl sites for hydroxylation is 1. The third-order valence-electron chi connectivity index (χ3n) is 3.42. The molecule has 0 fully saturated rings. The SMILES string of the molecule is N[C@]1(C(F)(F)CO)CCc2ccc([N+](=O)[O-])cc21. The van der Waals surface area contributed by atoms with E-state index in [1.54, 1.807) is 0 Å². The molecule has 98 valence electrons. The Morgan fingerprint density at radius 2 is 2.22 bits per heavy atom.